The molecule has 31 heavy (non-hydrogen) atoms. The fourth-order valence-corrected chi connectivity index (χ4v) is 3.30. The van der Waals surface area contributed by atoms with E-state index in [1.54, 1.807) is 37.7 Å². The van der Waals surface area contributed by atoms with E-state index in [4.69, 9.17) is 0 Å². The van der Waals surface area contributed by atoms with Gasteiger partial charge >= 0.3 is 6.29 Å². The van der Waals surface area contributed by atoms with Gasteiger partial charge in [-0.05, 0) is 38.1 Å². The topological polar surface area (TPSA) is 86.5 Å². The van der Waals surface area contributed by atoms with Crippen LogP contribution in [0.25, 0.3) is 5.69 Å². The summed E-state index contributed by atoms with van der Waals surface area (Å²) >= 11 is 0. The highest BCUT2D eigenvalue weighted by Crippen LogP contribution is 2.42. The van der Waals surface area contributed by atoms with Gasteiger partial charge in [-0.2, -0.15) is 0 Å². The molecule has 0 saturated heterocycles. The lowest BCUT2D eigenvalue weighted by atomic mass is 10.2. The molecule has 0 unspecified atom stereocenters. The number of fused-ring (bicyclic) bond motifs is 1. The van der Waals surface area contributed by atoms with E-state index in [0.29, 0.717) is 17.1 Å². The van der Waals surface area contributed by atoms with E-state index in [1.807, 2.05) is 18.2 Å². The number of carbonyl (C=O) groups excluding carboxylic acids is 1. The third kappa shape index (κ3) is 3.83. The zero-order valence-electron chi connectivity index (χ0n) is 17.0. The maximum absolute atomic E-state index is 13.2. The molecule has 0 aliphatic carbocycles. The molecule has 1 aliphatic rings. The van der Waals surface area contributed by atoms with Crippen LogP contribution in [-0.2, 0) is 11.8 Å². The van der Waals surface area contributed by atoms with Crippen molar-refractivity contribution in [1.29, 1.82) is 0 Å². The normalized spacial score (nSPS) is 14.9. The van der Waals surface area contributed by atoms with E-state index < -0.39 is 18.2 Å². The summed E-state index contributed by atoms with van der Waals surface area (Å²) in [5.74, 6) is -0.685. The average molecular weight is 430 g/mol. The molecular weight excluding hydrogens is 410 g/mol. The number of hydrogen-bond donors (Lipinski definition) is 2. The maximum atomic E-state index is 13.2. The Morgan fingerprint density at radius 1 is 1.10 bits per heavy atom. The maximum Gasteiger partial charge on any atom is 0.586 e. The van der Waals surface area contributed by atoms with Crippen molar-refractivity contribution in [3.63, 3.8) is 0 Å². The van der Waals surface area contributed by atoms with Crippen LogP contribution >= 0.6 is 0 Å². The lowest BCUT2D eigenvalue weighted by molar-refractivity contribution is -0.286. The molecule has 1 aromatic heterocycles. The molecule has 4 rings (SSSR count). The van der Waals surface area contributed by atoms with Crippen LogP contribution in [-0.4, -0.2) is 27.6 Å². The summed E-state index contributed by atoms with van der Waals surface area (Å²) in [6, 6.07) is 12.4. The minimum atomic E-state index is -3.71. The SMILES string of the molecule is Cc1c(NC(=O)[C@@H](C)Nc2ccc3c(c2)OC(F)(F)O3)c(=O)n(-c2ccccc2)n1C. The second kappa shape index (κ2) is 7.46. The molecule has 1 atom stereocenters. The summed E-state index contributed by atoms with van der Waals surface area (Å²) in [6.45, 7) is 3.31. The Morgan fingerprint density at radius 3 is 2.48 bits per heavy atom. The molecular formula is C21H20F2N4O4. The molecule has 0 bridgehead atoms. The highest BCUT2D eigenvalue weighted by atomic mass is 19.3. The van der Waals surface area contributed by atoms with Gasteiger partial charge in [0.05, 0.1) is 11.4 Å². The lowest BCUT2D eigenvalue weighted by Crippen LogP contribution is -2.33. The van der Waals surface area contributed by atoms with Crippen LogP contribution in [0, 0.1) is 6.92 Å². The largest absolute Gasteiger partial charge is 0.586 e. The molecule has 162 valence electrons. The highest BCUT2D eigenvalue weighted by Gasteiger charge is 2.43. The number of aromatic nitrogens is 2. The van der Waals surface area contributed by atoms with E-state index in [0.717, 1.165) is 0 Å². The number of carbonyl (C=O) groups is 1. The average Bonchev–Trinajstić information content (AvgIpc) is 3.14. The second-order valence-electron chi connectivity index (χ2n) is 7.12. The van der Waals surface area contributed by atoms with Crippen molar-refractivity contribution in [1.82, 2.24) is 9.36 Å². The molecule has 0 spiro atoms. The quantitative estimate of drug-likeness (QED) is 0.649. The van der Waals surface area contributed by atoms with Crippen molar-refractivity contribution in [2.24, 2.45) is 7.05 Å². The molecule has 10 heteroatoms. The Morgan fingerprint density at radius 2 is 1.77 bits per heavy atom. The fraction of sp³-hybridized carbons (Fsp3) is 0.238. The van der Waals surface area contributed by atoms with E-state index in [1.165, 1.54) is 22.9 Å². The number of alkyl halides is 2. The first-order valence-corrected chi connectivity index (χ1v) is 9.47. The Labute approximate surface area is 176 Å². The first-order valence-electron chi connectivity index (χ1n) is 9.47. The van der Waals surface area contributed by atoms with E-state index in [2.05, 4.69) is 20.1 Å². The van der Waals surface area contributed by atoms with Gasteiger partial charge in [0.2, 0.25) is 5.91 Å². The number of rotatable bonds is 5. The zero-order valence-corrected chi connectivity index (χ0v) is 17.0. The lowest BCUT2D eigenvalue weighted by Gasteiger charge is -2.15. The van der Waals surface area contributed by atoms with E-state index in [9.17, 15) is 18.4 Å². The summed E-state index contributed by atoms with van der Waals surface area (Å²) in [4.78, 5) is 25.6. The number of benzene rings is 2. The molecule has 1 aliphatic heterocycles. The van der Waals surface area contributed by atoms with Gasteiger partial charge in [-0.1, -0.05) is 18.2 Å². The number of para-hydroxylation sites is 1. The van der Waals surface area contributed by atoms with E-state index >= 15 is 0 Å². The predicted octanol–water partition coefficient (Wildman–Crippen LogP) is 3.25. The number of nitrogens with zero attached hydrogens (tertiary/aromatic N) is 2. The molecule has 8 nitrogen and oxygen atoms in total. The van der Waals surface area contributed by atoms with Crippen LogP contribution in [0.15, 0.2) is 53.3 Å². The van der Waals surface area contributed by atoms with Crippen molar-refractivity contribution >= 4 is 17.3 Å². The van der Waals surface area contributed by atoms with Crippen LogP contribution in [0.2, 0.25) is 0 Å². The third-order valence-corrected chi connectivity index (χ3v) is 4.98. The summed E-state index contributed by atoms with van der Waals surface area (Å²) in [7, 11) is 1.73. The number of anilines is 2. The standard InChI is InChI=1S/C21H20F2N4O4/c1-12(24-14-9-10-16-17(11-14)31-21(22,23)30-16)19(28)25-18-13(2)26(3)27(20(18)29)15-7-5-4-6-8-15/h4-12,24H,1-3H3,(H,25,28)/t12-/m1/s1. The van der Waals surface area contributed by atoms with Crippen LogP contribution < -0.4 is 25.7 Å². The Bertz CT molecular complexity index is 1200. The van der Waals surface area contributed by atoms with Gasteiger partial charge in [-0.3, -0.25) is 14.3 Å². The van der Waals surface area contributed by atoms with Gasteiger partial charge in [0.15, 0.2) is 11.5 Å². The first-order chi connectivity index (χ1) is 14.7. The smallest absolute Gasteiger partial charge is 0.395 e. The van der Waals surface area contributed by atoms with Crippen molar-refractivity contribution in [2.75, 3.05) is 10.6 Å². The summed E-state index contributed by atoms with van der Waals surface area (Å²) < 4.78 is 38.2. The van der Waals surface area contributed by atoms with Crippen molar-refractivity contribution in [3.05, 3.63) is 64.6 Å². The van der Waals surface area contributed by atoms with Gasteiger partial charge in [0, 0.05) is 18.8 Å². The van der Waals surface area contributed by atoms with Gasteiger partial charge < -0.3 is 20.1 Å². The summed E-state index contributed by atoms with van der Waals surface area (Å²) in [5, 5.41) is 5.57. The highest BCUT2D eigenvalue weighted by molar-refractivity contribution is 5.96. The number of halogens is 2. The number of hydrogen-bond acceptors (Lipinski definition) is 5. The monoisotopic (exact) mass is 430 g/mol. The molecule has 0 saturated carbocycles. The molecule has 1 amide bonds. The molecule has 3 aromatic rings. The number of nitrogens with one attached hydrogen (secondary N) is 2. The number of amides is 1. The molecule has 2 N–H and O–H groups in total. The molecule has 2 heterocycles. The van der Waals surface area contributed by atoms with Crippen LogP contribution in [0.1, 0.15) is 12.6 Å². The molecule has 0 radical (unpaired) electrons. The van der Waals surface area contributed by atoms with Crippen molar-refractivity contribution in [2.45, 2.75) is 26.2 Å². The van der Waals surface area contributed by atoms with E-state index in [-0.39, 0.29) is 22.7 Å². The molecule has 2 aromatic carbocycles. The second-order valence-corrected chi connectivity index (χ2v) is 7.12. The summed E-state index contributed by atoms with van der Waals surface area (Å²) in [6.07, 6.45) is -3.71. The van der Waals surface area contributed by atoms with Crippen LogP contribution in [0.5, 0.6) is 11.5 Å². The van der Waals surface area contributed by atoms with Gasteiger partial charge in [-0.25, -0.2) is 4.68 Å². The first kappa shape index (κ1) is 20.5. The van der Waals surface area contributed by atoms with Crippen LogP contribution in [0.3, 0.4) is 0 Å². The van der Waals surface area contributed by atoms with Crippen molar-refractivity contribution in [3.8, 4) is 17.2 Å². The zero-order chi connectivity index (χ0) is 22.3. The Hall–Kier alpha value is -3.82. The van der Waals surface area contributed by atoms with Gasteiger partial charge in [0.1, 0.15) is 11.7 Å². The Balaban J connectivity index is 1.51. The van der Waals surface area contributed by atoms with Crippen molar-refractivity contribution < 1.29 is 23.0 Å². The summed E-state index contributed by atoms with van der Waals surface area (Å²) in [5.41, 5.74) is 1.43. The van der Waals surface area contributed by atoms with Gasteiger partial charge in [0.25, 0.3) is 5.56 Å². The fourth-order valence-electron chi connectivity index (χ4n) is 3.30. The minimum Gasteiger partial charge on any atom is -0.395 e. The van der Waals surface area contributed by atoms with Crippen LogP contribution in [0.4, 0.5) is 20.2 Å². The minimum absolute atomic E-state index is 0.0889. The molecule has 0 fully saturated rings. The Kier molecular flexibility index (Phi) is 4.92. The number of ether oxygens (including phenoxy) is 2. The predicted molar refractivity (Wildman–Crippen MR) is 110 cm³/mol. The van der Waals surface area contributed by atoms with Gasteiger partial charge in [-0.15, -0.1) is 8.78 Å². The third-order valence-electron chi connectivity index (χ3n) is 4.98.